The lowest BCUT2D eigenvalue weighted by atomic mass is 9.98. The van der Waals surface area contributed by atoms with Crippen LogP contribution in [0.1, 0.15) is 52.8 Å². The van der Waals surface area contributed by atoms with E-state index >= 15 is 0 Å². The van der Waals surface area contributed by atoms with E-state index in [2.05, 4.69) is 37.4 Å². The third-order valence-corrected chi connectivity index (χ3v) is 7.18. The van der Waals surface area contributed by atoms with Gasteiger partial charge >= 0.3 is 5.97 Å². The molecule has 13 heteroatoms. The van der Waals surface area contributed by atoms with Crippen LogP contribution in [0, 0.1) is 10.1 Å². The number of rotatable bonds is 13. The van der Waals surface area contributed by atoms with Crippen LogP contribution in [-0.2, 0) is 35.8 Å². The lowest BCUT2D eigenvalue weighted by molar-refractivity contribution is -0.763. The first-order valence-corrected chi connectivity index (χ1v) is 14.0. The third kappa shape index (κ3) is 7.04. The number of aromatic nitrogens is 6. The number of aryl methyl sites for hydroxylation is 1. The summed E-state index contributed by atoms with van der Waals surface area (Å²) in [6.07, 6.45) is 2.61. The molecule has 43 heavy (non-hydrogen) atoms. The molecule has 0 saturated carbocycles. The molecule has 0 saturated heterocycles. The first-order chi connectivity index (χ1) is 20.9. The minimum Gasteiger partial charge on any atom is -0.456 e. The molecule has 5 rings (SSSR count). The molecule has 1 N–H and O–H groups in total. The van der Waals surface area contributed by atoms with Crippen molar-refractivity contribution >= 4 is 17.6 Å². The fraction of sp³-hybridized carbons (Fsp3) is 0.233. The van der Waals surface area contributed by atoms with Crippen LogP contribution in [0.4, 0.5) is 0 Å². The molecule has 2 heterocycles. The number of unbranched alkanes of at least 4 members (excludes halogenated alkanes) is 1. The lowest BCUT2D eigenvalue weighted by Gasteiger charge is -2.14. The second-order valence-corrected chi connectivity index (χ2v) is 10.0. The summed E-state index contributed by atoms with van der Waals surface area (Å²) >= 11 is 6.57. The molecule has 0 amide bonds. The van der Waals surface area contributed by atoms with E-state index in [1.54, 1.807) is 18.2 Å². The van der Waals surface area contributed by atoms with E-state index < -0.39 is 11.1 Å². The van der Waals surface area contributed by atoms with Crippen LogP contribution in [-0.4, -0.2) is 41.2 Å². The minimum atomic E-state index is -0.905. The Balaban J connectivity index is 1.37. The van der Waals surface area contributed by atoms with Crippen molar-refractivity contribution in [2.45, 2.75) is 45.9 Å². The van der Waals surface area contributed by atoms with Crippen molar-refractivity contribution in [2.75, 3.05) is 0 Å². The van der Waals surface area contributed by atoms with E-state index in [-0.39, 0.29) is 23.9 Å². The zero-order chi connectivity index (χ0) is 30.2. The van der Waals surface area contributed by atoms with Crippen LogP contribution in [0.3, 0.4) is 0 Å². The van der Waals surface area contributed by atoms with Gasteiger partial charge in [0.1, 0.15) is 19.0 Å². The monoisotopic (exact) mass is 601 g/mol. The summed E-state index contributed by atoms with van der Waals surface area (Å²) in [4.78, 5) is 32.7. The van der Waals surface area contributed by atoms with Gasteiger partial charge in [0, 0.05) is 18.5 Å². The third-order valence-electron chi connectivity index (χ3n) is 6.88. The SMILES string of the molecule is CCCCc1nc(Cl)c(COC(=O)c2ccccc2CO[N+](=O)[O-])n1Cc1ccc(-c2ccccc2-c2nn[nH]n2)cc1. The number of esters is 1. The number of carbonyl (C=O) groups excluding carboxylic acids is 1. The summed E-state index contributed by atoms with van der Waals surface area (Å²) in [5.74, 6) is 0.663. The van der Waals surface area contributed by atoms with Gasteiger partial charge in [-0.05, 0) is 40.0 Å². The van der Waals surface area contributed by atoms with Crippen LogP contribution in [0.15, 0.2) is 72.8 Å². The maximum Gasteiger partial charge on any atom is 0.338 e. The maximum atomic E-state index is 13.0. The molecule has 12 nitrogen and oxygen atoms in total. The van der Waals surface area contributed by atoms with Gasteiger partial charge in [-0.3, -0.25) is 0 Å². The van der Waals surface area contributed by atoms with E-state index in [1.807, 2.05) is 53.1 Å². The minimum absolute atomic E-state index is 0.128. The van der Waals surface area contributed by atoms with Crippen molar-refractivity contribution in [2.24, 2.45) is 0 Å². The summed E-state index contributed by atoms with van der Waals surface area (Å²) in [6.45, 7) is 2.07. The molecule has 0 fully saturated rings. The van der Waals surface area contributed by atoms with Crippen molar-refractivity contribution in [1.82, 2.24) is 30.2 Å². The van der Waals surface area contributed by atoms with Crippen LogP contribution in [0.5, 0.6) is 0 Å². The van der Waals surface area contributed by atoms with Crippen LogP contribution in [0.2, 0.25) is 5.15 Å². The van der Waals surface area contributed by atoms with Gasteiger partial charge in [-0.25, -0.2) is 9.78 Å². The molecule has 220 valence electrons. The number of carbonyl (C=O) groups is 1. The Morgan fingerprint density at radius 2 is 1.77 bits per heavy atom. The Morgan fingerprint density at radius 3 is 2.49 bits per heavy atom. The first-order valence-electron chi connectivity index (χ1n) is 13.6. The Hall–Kier alpha value is -5.10. The molecule has 0 radical (unpaired) electrons. The molecule has 0 spiro atoms. The van der Waals surface area contributed by atoms with E-state index in [4.69, 9.17) is 16.3 Å². The first kappa shape index (κ1) is 29.4. The Labute approximate surface area is 251 Å². The number of H-pyrrole nitrogens is 1. The van der Waals surface area contributed by atoms with Gasteiger partial charge in [0.15, 0.2) is 5.15 Å². The van der Waals surface area contributed by atoms with Gasteiger partial charge in [-0.1, -0.05) is 91.7 Å². The summed E-state index contributed by atoms with van der Waals surface area (Å²) in [5.41, 5.74) is 4.91. The van der Waals surface area contributed by atoms with Gasteiger partial charge in [0.2, 0.25) is 5.82 Å². The molecule has 0 aliphatic rings. The number of hydrogen-bond donors (Lipinski definition) is 1. The van der Waals surface area contributed by atoms with Crippen molar-refractivity contribution in [3.63, 3.8) is 0 Å². The maximum absolute atomic E-state index is 13.0. The Bertz CT molecular complexity index is 1700. The van der Waals surface area contributed by atoms with Gasteiger partial charge in [-0.2, -0.15) is 5.21 Å². The molecule has 0 aliphatic heterocycles. The quantitative estimate of drug-likeness (QED) is 0.0996. The van der Waals surface area contributed by atoms with Gasteiger partial charge in [-0.15, -0.1) is 20.3 Å². The van der Waals surface area contributed by atoms with Crippen LogP contribution < -0.4 is 0 Å². The van der Waals surface area contributed by atoms with Crippen molar-refractivity contribution < 1.29 is 19.5 Å². The number of tetrazole rings is 1. The fourth-order valence-corrected chi connectivity index (χ4v) is 4.97. The zero-order valence-electron chi connectivity index (χ0n) is 23.3. The number of halogens is 1. The molecular formula is C30H28ClN7O5. The largest absolute Gasteiger partial charge is 0.456 e. The number of hydrogen-bond acceptors (Lipinski definition) is 9. The molecular weight excluding hydrogens is 574 g/mol. The lowest BCUT2D eigenvalue weighted by Crippen LogP contribution is -2.14. The van der Waals surface area contributed by atoms with Gasteiger partial charge in [0.05, 0.1) is 11.3 Å². The number of benzene rings is 3. The predicted molar refractivity (Wildman–Crippen MR) is 157 cm³/mol. The molecule has 0 unspecified atom stereocenters. The summed E-state index contributed by atoms with van der Waals surface area (Å²) in [5, 5.41) is 24.4. The number of imidazole rings is 1. The van der Waals surface area contributed by atoms with E-state index in [1.165, 1.54) is 6.07 Å². The number of aromatic amines is 1. The molecule has 2 aromatic heterocycles. The van der Waals surface area contributed by atoms with Crippen molar-refractivity contribution in [3.05, 3.63) is 116 Å². The topological polar surface area (TPSA) is 151 Å². The zero-order valence-corrected chi connectivity index (χ0v) is 24.0. The summed E-state index contributed by atoms with van der Waals surface area (Å²) < 4.78 is 7.62. The van der Waals surface area contributed by atoms with Gasteiger partial charge in [0.25, 0.3) is 5.09 Å². The normalized spacial score (nSPS) is 10.9. The summed E-state index contributed by atoms with van der Waals surface area (Å²) in [7, 11) is 0. The highest BCUT2D eigenvalue weighted by Crippen LogP contribution is 2.30. The fourth-order valence-electron chi connectivity index (χ4n) is 4.71. The van der Waals surface area contributed by atoms with Crippen LogP contribution in [0.25, 0.3) is 22.5 Å². The summed E-state index contributed by atoms with van der Waals surface area (Å²) in [6, 6.07) is 22.4. The molecule has 0 aliphatic carbocycles. The smallest absolute Gasteiger partial charge is 0.338 e. The van der Waals surface area contributed by atoms with Crippen molar-refractivity contribution in [3.8, 4) is 22.5 Å². The van der Waals surface area contributed by atoms with Crippen molar-refractivity contribution in [1.29, 1.82) is 0 Å². The highest BCUT2D eigenvalue weighted by molar-refractivity contribution is 6.30. The number of nitrogens with one attached hydrogen (secondary N) is 1. The average Bonchev–Trinajstić information content (AvgIpc) is 3.66. The number of ether oxygens (including phenoxy) is 1. The highest BCUT2D eigenvalue weighted by atomic mass is 35.5. The second-order valence-electron chi connectivity index (χ2n) is 9.66. The Morgan fingerprint density at radius 1 is 1.02 bits per heavy atom. The molecule has 0 bridgehead atoms. The predicted octanol–water partition coefficient (Wildman–Crippen LogP) is 5.84. The highest BCUT2D eigenvalue weighted by Gasteiger charge is 2.20. The second kappa shape index (κ2) is 13.7. The van der Waals surface area contributed by atoms with E-state index in [0.29, 0.717) is 30.0 Å². The molecule has 0 atom stereocenters. The Kier molecular flexibility index (Phi) is 9.37. The van der Waals surface area contributed by atoms with Gasteiger partial charge < -0.3 is 14.1 Å². The average molecular weight is 602 g/mol. The molecule has 5 aromatic rings. The number of nitrogens with zero attached hydrogens (tertiary/aromatic N) is 6. The molecule has 3 aromatic carbocycles. The standard InChI is InChI=1S/C30H28ClN7O5/c1-2-3-12-27-32-28(31)26(19-42-30(39)24-10-5-4-8-22(24)18-43-38(40)41)37(27)17-20-13-15-21(16-14-20)23-9-6-7-11-25(23)29-33-35-36-34-29/h4-11,13-16H,2-3,12,17-19H2,1H3,(H,33,34,35,36). The van der Waals surface area contributed by atoms with E-state index in [9.17, 15) is 14.9 Å². The van der Waals surface area contributed by atoms with Crippen LogP contribution >= 0.6 is 11.6 Å². The van der Waals surface area contributed by atoms with E-state index in [0.717, 1.165) is 40.9 Å².